The molecule has 1 aliphatic rings. The van der Waals surface area contributed by atoms with Gasteiger partial charge in [0.2, 0.25) is 0 Å². The van der Waals surface area contributed by atoms with Crippen LogP contribution < -0.4 is 15.4 Å². The lowest BCUT2D eigenvalue weighted by atomic mass is 9.93. The lowest BCUT2D eigenvalue weighted by Crippen LogP contribution is -2.45. The van der Waals surface area contributed by atoms with Gasteiger partial charge in [-0.05, 0) is 61.2 Å². The van der Waals surface area contributed by atoms with Crippen molar-refractivity contribution in [1.82, 2.24) is 9.47 Å². The summed E-state index contributed by atoms with van der Waals surface area (Å²) in [5.41, 5.74) is 2.51. The predicted octanol–water partition coefficient (Wildman–Crippen LogP) is 5.60. The Balaban J connectivity index is 1.58. The van der Waals surface area contributed by atoms with Gasteiger partial charge in [-0.1, -0.05) is 25.8 Å². The van der Waals surface area contributed by atoms with Crippen LogP contribution in [0, 0.1) is 17.8 Å². The first-order chi connectivity index (χ1) is 19.1. The predicted molar refractivity (Wildman–Crippen MR) is 151 cm³/mol. The normalized spacial score (nSPS) is 17.7. The first kappa shape index (κ1) is 29.2. The number of methoxy groups -OCH3 is 2. The number of carbonyl (C=O) groups is 1. The van der Waals surface area contributed by atoms with E-state index >= 15 is 0 Å². The highest BCUT2D eigenvalue weighted by Crippen LogP contribution is 2.32. The Labute approximate surface area is 232 Å². The van der Waals surface area contributed by atoms with Crippen LogP contribution >= 0.6 is 0 Å². The number of fused-ring (bicyclic) bond motifs is 1. The van der Waals surface area contributed by atoms with Crippen LogP contribution in [-0.2, 0) is 11.3 Å². The summed E-state index contributed by atoms with van der Waals surface area (Å²) in [5.74, 6) is 6.20. The van der Waals surface area contributed by atoms with E-state index in [1.54, 1.807) is 36.4 Å². The Hall–Kier alpha value is -3.84. The Bertz CT molecular complexity index is 1410. The molecule has 2 aromatic carbocycles. The van der Waals surface area contributed by atoms with Crippen molar-refractivity contribution in [1.29, 1.82) is 0 Å². The number of aromatic nitrogens is 1. The number of carbonyl (C=O) groups excluding carboxylic acids is 1. The third-order valence-electron chi connectivity index (χ3n) is 7.27. The van der Waals surface area contributed by atoms with Gasteiger partial charge in [0.05, 0.1) is 43.2 Å². The number of hydrogen-bond donors (Lipinski definition) is 2. The summed E-state index contributed by atoms with van der Waals surface area (Å²) in [5, 5.41) is 7.43. The van der Waals surface area contributed by atoms with Crippen molar-refractivity contribution in [2.45, 2.75) is 39.0 Å². The third kappa shape index (κ3) is 6.83. The summed E-state index contributed by atoms with van der Waals surface area (Å²) in [4.78, 5) is 14.2. The molecule has 3 aromatic rings. The van der Waals surface area contributed by atoms with Gasteiger partial charge >= 0.3 is 12.1 Å². The molecule has 0 aliphatic carbocycles. The van der Waals surface area contributed by atoms with Crippen LogP contribution in [0.3, 0.4) is 0 Å². The minimum absolute atomic E-state index is 0.153. The van der Waals surface area contributed by atoms with Crippen molar-refractivity contribution >= 4 is 28.2 Å². The number of esters is 1. The molecule has 0 radical (unpaired) electrons. The van der Waals surface area contributed by atoms with Crippen LogP contribution in [0.4, 0.5) is 24.5 Å². The first-order valence-corrected chi connectivity index (χ1v) is 13.3. The topological polar surface area (TPSA) is 67.8 Å². The number of rotatable bonds is 8. The average molecular weight is 557 g/mol. The molecule has 10 heteroatoms. The number of anilines is 2. The molecule has 40 heavy (non-hydrogen) atoms. The summed E-state index contributed by atoms with van der Waals surface area (Å²) < 4.78 is 52.0. The molecule has 0 saturated carbocycles. The number of nitrogens with one attached hydrogen (secondary N) is 2. The number of benzene rings is 2. The van der Waals surface area contributed by atoms with Crippen LogP contribution in [-0.4, -0.2) is 68.1 Å². The molecule has 2 unspecified atom stereocenters. The largest absolute Gasteiger partial charge is 0.495 e. The van der Waals surface area contributed by atoms with Crippen LogP contribution in [0.2, 0.25) is 0 Å². The number of ether oxygens (including phenoxy) is 2. The number of halogens is 3. The monoisotopic (exact) mass is 556 g/mol. The standard InChI is InChI=1S/C30H35F3N4O3/c1-5-36-15-13-24(20(2)18-36)35-25-9-6-10-27-23(25)17-22(37(27)19-30(31,32)33)8-7-14-34-26-12-11-21(29(38)40-4)16-28(26)39-3/h6,9-12,16-17,20,24,34-35H,5,13-15,18-19H2,1-4H3. The van der Waals surface area contributed by atoms with E-state index in [1.807, 2.05) is 6.07 Å². The molecule has 7 nitrogen and oxygen atoms in total. The minimum Gasteiger partial charge on any atom is -0.495 e. The molecule has 1 saturated heterocycles. The zero-order valence-corrected chi connectivity index (χ0v) is 23.2. The van der Waals surface area contributed by atoms with Gasteiger partial charge in [-0.25, -0.2) is 4.79 Å². The lowest BCUT2D eigenvalue weighted by Gasteiger charge is -2.37. The fourth-order valence-corrected chi connectivity index (χ4v) is 5.15. The number of likely N-dealkylation sites (tertiary alicyclic amines) is 1. The fraction of sp³-hybridized carbons (Fsp3) is 0.433. The van der Waals surface area contributed by atoms with E-state index in [4.69, 9.17) is 9.47 Å². The van der Waals surface area contributed by atoms with Crippen LogP contribution in [0.25, 0.3) is 10.9 Å². The van der Waals surface area contributed by atoms with Gasteiger partial charge < -0.3 is 29.6 Å². The molecule has 4 rings (SSSR count). The highest BCUT2D eigenvalue weighted by atomic mass is 19.4. The Morgan fingerprint density at radius 3 is 2.62 bits per heavy atom. The minimum atomic E-state index is -4.40. The van der Waals surface area contributed by atoms with Gasteiger partial charge in [0.1, 0.15) is 12.3 Å². The third-order valence-corrected chi connectivity index (χ3v) is 7.27. The highest BCUT2D eigenvalue weighted by molar-refractivity contribution is 5.94. The van der Waals surface area contributed by atoms with Crippen LogP contribution in [0.1, 0.15) is 36.3 Å². The SMILES string of the molecule is CCN1CCC(Nc2cccc3c2cc(C#CCNc2ccc(C(=O)OC)cc2OC)n3CC(F)(F)F)C(C)C1. The maximum Gasteiger partial charge on any atom is 0.406 e. The molecule has 1 aliphatic heterocycles. The van der Waals surface area contributed by atoms with Crippen molar-refractivity contribution in [3.05, 3.63) is 53.7 Å². The summed E-state index contributed by atoms with van der Waals surface area (Å²) in [7, 11) is 2.77. The second kappa shape index (κ2) is 12.6. The first-order valence-electron chi connectivity index (χ1n) is 13.3. The lowest BCUT2D eigenvalue weighted by molar-refractivity contribution is -0.140. The van der Waals surface area contributed by atoms with Gasteiger partial charge in [-0.15, -0.1) is 0 Å². The molecule has 0 bridgehead atoms. The molecule has 2 N–H and O–H groups in total. The van der Waals surface area contributed by atoms with Crippen LogP contribution in [0.5, 0.6) is 5.75 Å². The average Bonchev–Trinajstić information content (AvgIpc) is 3.28. The van der Waals surface area contributed by atoms with Gasteiger partial charge in [0.15, 0.2) is 0 Å². The van der Waals surface area contributed by atoms with Crippen molar-refractivity contribution in [3.63, 3.8) is 0 Å². The van der Waals surface area contributed by atoms with Gasteiger partial charge in [-0.3, -0.25) is 0 Å². The number of alkyl halides is 3. The zero-order chi connectivity index (χ0) is 28.9. The van der Waals surface area contributed by atoms with E-state index in [0.717, 1.165) is 31.7 Å². The number of piperidine rings is 1. The number of hydrogen-bond acceptors (Lipinski definition) is 6. The van der Waals surface area contributed by atoms with Gasteiger partial charge in [-0.2, -0.15) is 13.2 Å². The molecule has 1 fully saturated rings. The molecular formula is C30H35F3N4O3. The highest BCUT2D eigenvalue weighted by Gasteiger charge is 2.30. The van der Waals surface area contributed by atoms with Crippen molar-refractivity contribution in [2.75, 3.05) is 51.0 Å². The van der Waals surface area contributed by atoms with E-state index in [1.165, 1.54) is 18.8 Å². The van der Waals surface area contributed by atoms with Gasteiger partial charge in [0.25, 0.3) is 0 Å². The van der Waals surface area contributed by atoms with Crippen molar-refractivity contribution in [3.8, 4) is 17.6 Å². The smallest absolute Gasteiger partial charge is 0.406 e. The maximum atomic E-state index is 13.6. The summed E-state index contributed by atoms with van der Waals surface area (Å²) in [6, 6.07) is 12.2. The fourth-order valence-electron chi connectivity index (χ4n) is 5.15. The molecule has 1 aromatic heterocycles. The van der Waals surface area contributed by atoms with E-state index in [2.05, 4.69) is 41.2 Å². The van der Waals surface area contributed by atoms with E-state index in [9.17, 15) is 18.0 Å². The Morgan fingerprint density at radius 1 is 1.15 bits per heavy atom. The van der Waals surface area contributed by atoms with Crippen molar-refractivity contribution < 1.29 is 27.4 Å². The quantitative estimate of drug-likeness (QED) is 0.278. The van der Waals surface area contributed by atoms with Crippen molar-refractivity contribution in [2.24, 2.45) is 5.92 Å². The second-order valence-corrected chi connectivity index (χ2v) is 9.94. The van der Waals surface area contributed by atoms with Crippen LogP contribution in [0.15, 0.2) is 42.5 Å². The molecule has 0 amide bonds. The molecule has 2 heterocycles. The molecule has 214 valence electrons. The molecule has 0 spiro atoms. The summed E-state index contributed by atoms with van der Waals surface area (Å²) in [6.07, 6.45) is -3.43. The maximum absolute atomic E-state index is 13.6. The molecule has 2 atom stereocenters. The molecular weight excluding hydrogens is 521 g/mol. The van der Waals surface area contributed by atoms with Gasteiger partial charge in [0, 0.05) is 30.2 Å². The zero-order valence-electron chi connectivity index (χ0n) is 23.2. The Morgan fingerprint density at radius 2 is 1.95 bits per heavy atom. The summed E-state index contributed by atoms with van der Waals surface area (Å²) >= 11 is 0. The Kier molecular flexibility index (Phi) is 9.15. The summed E-state index contributed by atoms with van der Waals surface area (Å²) in [6.45, 7) is 6.36. The second-order valence-electron chi connectivity index (χ2n) is 9.94. The van der Waals surface area contributed by atoms with E-state index in [0.29, 0.717) is 33.8 Å². The van der Waals surface area contributed by atoms with E-state index < -0.39 is 18.7 Å². The van der Waals surface area contributed by atoms with E-state index in [-0.39, 0.29) is 18.3 Å². The number of nitrogens with zero attached hydrogens (tertiary/aromatic N) is 2.